The van der Waals surface area contributed by atoms with Crippen LogP contribution in [0.25, 0.3) is 0 Å². The van der Waals surface area contributed by atoms with E-state index in [0.717, 1.165) is 0 Å². The first-order chi connectivity index (χ1) is 9.79. The van der Waals surface area contributed by atoms with E-state index in [2.05, 4.69) is 36.6 Å². The molecule has 0 aliphatic heterocycles. The van der Waals surface area contributed by atoms with Crippen molar-refractivity contribution in [1.29, 1.82) is 0 Å². The van der Waals surface area contributed by atoms with Crippen LogP contribution in [0.4, 0.5) is 10.1 Å². The quantitative estimate of drug-likeness (QED) is 0.720. The molecule has 0 saturated heterocycles. The second-order valence-electron chi connectivity index (χ2n) is 4.24. The molecular formula is C13H11Br2FN2O2S. The van der Waals surface area contributed by atoms with Crippen LogP contribution in [0.2, 0.25) is 0 Å². The Labute approximate surface area is 138 Å². The van der Waals surface area contributed by atoms with Crippen LogP contribution < -0.4 is 10.5 Å². The van der Waals surface area contributed by atoms with Crippen LogP contribution in [0, 0.1) is 5.82 Å². The van der Waals surface area contributed by atoms with Gasteiger partial charge < -0.3 is 5.73 Å². The standard InChI is InChI=1S/C13H11Br2FN2O2S/c14-11-3-1-9(16)5-8(11)7-18-21(19,20)10-2-4-13(17)12(15)6-10/h1-6,18H,7,17H2. The van der Waals surface area contributed by atoms with Gasteiger partial charge in [0.1, 0.15) is 5.82 Å². The van der Waals surface area contributed by atoms with Gasteiger partial charge in [0.05, 0.1) is 4.90 Å². The summed E-state index contributed by atoms with van der Waals surface area (Å²) in [5, 5.41) is 0. The molecule has 2 aromatic carbocycles. The lowest BCUT2D eigenvalue weighted by Crippen LogP contribution is -2.23. The summed E-state index contributed by atoms with van der Waals surface area (Å²) in [7, 11) is -3.71. The van der Waals surface area contributed by atoms with Crippen LogP contribution in [0.1, 0.15) is 5.56 Å². The minimum Gasteiger partial charge on any atom is -0.398 e. The number of benzene rings is 2. The Morgan fingerprint density at radius 1 is 1.10 bits per heavy atom. The van der Waals surface area contributed by atoms with E-state index < -0.39 is 15.8 Å². The van der Waals surface area contributed by atoms with Crippen molar-refractivity contribution in [1.82, 2.24) is 4.72 Å². The van der Waals surface area contributed by atoms with Crippen LogP contribution >= 0.6 is 31.9 Å². The van der Waals surface area contributed by atoms with Gasteiger partial charge >= 0.3 is 0 Å². The first kappa shape index (κ1) is 16.4. The lowest BCUT2D eigenvalue weighted by atomic mass is 10.2. The molecule has 0 unspecified atom stereocenters. The van der Waals surface area contributed by atoms with Gasteiger partial charge in [0.25, 0.3) is 0 Å². The molecule has 2 rings (SSSR count). The van der Waals surface area contributed by atoms with Crippen molar-refractivity contribution in [2.75, 3.05) is 5.73 Å². The zero-order valence-electron chi connectivity index (χ0n) is 10.6. The molecule has 0 fully saturated rings. The molecule has 0 aromatic heterocycles. The lowest BCUT2D eigenvalue weighted by Gasteiger charge is -2.09. The SMILES string of the molecule is Nc1ccc(S(=O)(=O)NCc2cc(F)ccc2Br)cc1Br. The number of sulfonamides is 1. The molecule has 0 radical (unpaired) electrons. The van der Waals surface area contributed by atoms with Crippen molar-refractivity contribution in [2.24, 2.45) is 0 Å². The zero-order valence-corrected chi connectivity index (χ0v) is 14.6. The maximum Gasteiger partial charge on any atom is 0.240 e. The topological polar surface area (TPSA) is 72.2 Å². The first-order valence-electron chi connectivity index (χ1n) is 5.78. The van der Waals surface area contributed by atoms with Gasteiger partial charge in [-0.3, -0.25) is 0 Å². The van der Waals surface area contributed by atoms with E-state index in [1.54, 1.807) is 0 Å². The highest BCUT2D eigenvalue weighted by Crippen LogP contribution is 2.23. The number of halogens is 3. The monoisotopic (exact) mass is 436 g/mol. The molecule has 0 saturated carbocycles. The van der Waals surface area contributed by atoms with Crippen molar-refractivity contribution in [3.63, 3.8) is 0 Å². The van der Waals surface area contributed by atoms with E-state index in [4.69, 9.17) is 5.73 Å². The third kappa shape index (κ3) is 4.03. The summed E-state index contributed by atoms with van der Waals surface area (Å²) in [4.78, 5) is 0.0797. The van der Waals surface area contributed by atoms with Crippen molar-refractivity contribution >= 4 is 47.6 Å². The van der Waals surface area contributed by atoms with E-state index in [1.807, 2.05) is 0 Å². The number of nitrogen functional groups attached to an aromatic ring is 1. The number of anilines is 1. The highest BCUT2D eigenvalue weighted by molar-refractivity contribution is 9.10. The fraction of sp³-hybridized carbons (Fsp3) is 0.0769. The van der Waals surface area contributed by atoms with Gasteiger partial charge in [0, 0.05) is 21.2 Å². The van der Waals surface area contributed by atoms with Gasteiger partial charge in [0.15, 0.2) is 0 Å². The summed E-state index contributed by atoms with van der Waals surface area (Å²) in [5.41, 5.74) is 6.58. The number of nitrogens with one attached hydrogen (secondary N) is 1. The van der Waals surface area contributed by atoms with Gasteiger partial charge in [-0.05, 0) is 57.9 Å². The second-order valence-corrected chi connectivity index (χ2v) is 7.72. The minimum atomic E-state index is -3.71. The van der Waals surface area contributed by atoms with E-state index in [-0.39, 0.29) is 11.4 Å². The Kier molecular flexibility index (Phi) is 5.03. The minimum absolute atomic E-state index is 0.0251. The summed E-state index contributed by atoms with van der Waals surface area (Å²) >= 11 is 6.43. The molecule has 112 valence electrons. The van der Waals surface area contributed by atoms with E-state index in [9.17, 15) is 12.8 Å². The predicted octanol–water partition coefficient (Wildman–Crippen LogP) is 3.41. The maximum absolute atomic E-state index is 13.2. The number of hydrogen-bond acceptors (Lipinski definition) is 3. The van der Waals surface area contributed by atoms with Crippen LogP contribution in [-0.4, -0.2) is 8.42 Å². The van der Waals surface area contributed by atoms with E-state index >= 15 is 0 Å². The van der Waals surface area contributed by atoms with Crippen molar-refractivity contribution in [3.8, 4) is 0 Å². The third-order valence-electron chi connectivity index (χ3n) is 2.74. The molecule has 0 aliphatic carbocycles. The Bertz CT molecular complexity index is 782. The molecule has 3 N–H and O–H groups in total. The smallest absolute Gasteiger partial charge is 0.240 e. The summed E-state index contributed by atoms with van der Waals surface area (Å²) in [6.07, 6.45) is 0. The fourth-order valence-electron chi connectivity index (χ4n) is 1.61. The molecular weight excluding hydrogens is 427 g/mol. The molecule has 0 heterocycles. The van der Waals surface area contributed by atoms with E-state index in [1.165, 1.54) is 36.4 Å². The normalized spacial score (nSPS) is 11.6. The maximum atomic E-state index is 13.2. The Hall–Kier alpha value is -0.960. The summed E-state index contributed by atoms with van der Waals surface area (Å²) < 4.78 is 41.1. The van der Waals surface area contributed by atoms with Crippen molar-refractivity contribution in [3.05, 3.63) is 56.7 Å². The summed E-state index contributed by atoms with van der Waals surface area (Å²) in [6, 6.07) is 8.40. The molecule has 2 aromatic rings. The number of hydrogen-bond donors (Lipinski definition) is 2. The summed E-state index contributed by atoms with van der Waals surface area (Å²) in [6.45, 7) is -0.0251. The highest BCUT2D eigenvalue weighted by Gasteiger charge is 2.15. The van der Waals surface area contributed by atoms with Gasteiger partial charge in [-0.1, -0.05) is 15.9 Å². The Morgan fingerprint density at radius 3 is 2.48 bits per heavy atom. The molecule has 0 bridgehead atoms. The second kappa shape index (κ2) is 6.43. The van der Waals surface area contributed by atoms with E-state index in [0.29, 0.717) is 20.2 Å². The van der Waals surface area contributed by atoms with Crippen molar-refractivity contribution in [2.45, 2.75) is 11.4 Å². The first-order valence-corrected chi connectivity index (χ1v) is 8.85. The molecule has 0 atom stereocenters. The Morgan fingerprint density at radius 2 is 1.81 bits per heavy atom. The average molecular weight is 438 g/mol. The number of nitrogens with two attached hydrogens (primary N) is 1. The van der Waals surface area contributed by atoms with Crippen LogP contribution in [0.5, 0.6) is 0 Å². The number of rotatable bonds is 4. The zero-order chi connectivity index (χ0) is 15.6. The predicted molar refractivity (Wildman–Crippen MR) is 86.7 cm³/mol. The average Bonchev–Trinajstić information content (AvgIpc) is 2.43. The van der Waals surface area contributed by atoms with Crippen LogP contribution in [0.3, 0.4) is 0 Å². The molecule has 8 heteroatoms. The van der Waals surface area contributed by atoms with Gasteiger partial charge in [-0.15, -0.1) is 0 Å². The lowest BCUT2D eigenvalue weighted by molar-refractivity contribution is 0.580. The van der Waals surface area contributed by atoms with Gasteiger partial charge in [-0.2, -0.15) is 0 Å². The Balaban J connectivity index is 2.21. The summed E-state index contributed by atoms with van der Waals surface area (Å²) in [5.74, 6) is -0.428. The largest absolute Gasteiger partial charge is 0.398 e. The van der Waals surface area contributed by atoms with Gasteiger partial charge in [0.2, 0.25) is 10.0 Å². The van der Waals surface area contributed by atoms with Crippen LogP contribution in [-0.2, 0) is 16.6 Å². The van der Waals surface area contributed by atoms with Crippen LogP contribution in [0.15, 0.2) is 50.2 Å². The molecule has 0 aliphatic rings. The van der Waals surface area contributed by atoms with Crippen molar-refractivity contribution < 1.29 is 12.8 Å². The molecule has 4 nitrogen and oxygen atoms in total. The third-order valence-corrected chi connectivity index (χ3v) is 5.60. The molecule has 0 amide bonds. The van der Waals surface area contributed by atoms with Gasteiger partial charge in [-0.25, -0.2) is 17.5 Å². The highest BCUT2D eigenvalue weighted by atomic mass is 79.9. The fourth-order valence-corrected chi connectivity index (χ4v) is 3.56. The molecule has 0 spiro atoms. The molecule has 21 heavy (non-hydrogen) atoms.